The predicted molar refractivity (Wildman–Crippen MR) is 74.6 cm³/mol. The number of halogens is 4. The molecule has 0 saturated carbocycles. The molecule has 2 rings (SSSR count). The fourth-order valence-electron chi connectivity index (χ4n) is 1.39. The molecule has 0 radical (unpaired) electrons. The molecule has 0 spiro atoms. The fourth-order valence-corrected chi connectivity index (χ4v) is 2.32. The van der Waals surface area contributed by atoms with E-state index in [0.29, 0.717) is 13.6 Å². The first kappa shape index (κ1) is 12.1. The third-order valence-corrected chi connectivity index (χ3v) is 3.83. The van der Waals surface area contributed by atoms with E-state index in [-0.39, 0.29) is 5.82 Å². The Labute approximate surface area is 117 Å². The molecule has 82 valence electrons. The van der Waals surface area contributed by atoms with Crippen molar-refractivity contribution in [1.82, 2.24) is 0 Å². The number of benzene rings is 2. The van der Waals surface area contributed by atoms with Gasteiger partial charge >= 0.3 is 0 Å². The summed E-state index contributed by atoms with van der Waals surface area (Å²) in [6, 6.07) is 10.3. The first-order valence-corrected chi connectivity index (χ1v) is 6.32. The summed E-state index contributed by atoms with van der Waals surface area (Å²) in [5.74, 6) is -0.234. The third-order valence-electron chi connectivity index (χ3n) is 2.18. The molecule has 0 aliphatic rings. The van der Waals surface area contributed by atoms with Crippen molar-refractivity contribution in [3.05, 3.63) is 55.8 Å². The minimum Gasteiger partial charge on any atom is -0.206 e. The zero-order chi connectivity index (χ0) is 11.7. The lowest BCUT2D eigenvalue weighted by atomic mass is 10.1. The van der Waals surface area contributed by atoms with Crippen LogP contribution in [0.15, 0.2) is 36.4 Å². The fraction of sp³-hybridized carbons (Fsp3) is 0. The molecule has 0 N–H and O–H groups in total. The number of hydrogen-bond donors (Lipinski definition) is 0. The molecular weight excluding hydrogens is 361 g/mol. The smallest absolute Gasteiger partial charge is 0.136 e. The second-order valence-electron chi connectivity index (χ2n) is 3.23. The summed E-state index contributed by atoms with van der Waals surface area (Å²) >= 11 is 14.0. The monoisotopic (exact) mass is 366 g/mol. The zero-order valence-electron chi connectivity index (χ0n) is 7.98. The summed E-state index contributed by atoms with van der Waals surface area (Å²) in [6.07, 6.45) is 0. The molecule has 0 amide bonds. The molecule has 2 aromatic rings. The van der Waals surface area contributed by atoms with Gasteiger partial charge in [-0.25, -0.2) is 4.39 Å². The Kier molecular flexibility index (Phi) is 3.72. The van der Waals surface area contributed by atoms with Gasteiger partial charge in [-0.1, -0.05) is 41.4 Å². The standard InChI is InChI=1S/C12H6Cl2FI/c13-9-3-1-2-8(12(9)14)7-4-5-10(15)11(16)6-7/h1-6H. The van der Waals surface area contributed by atoms with Gasteiger partial charge in [0, 0.05) is 9.13 Å². The lowest BCUT2D eigenvalue weighted by Crippen LogP contribution is -1.85. The van der Waals surface area contributed by atoms with E-state index < -0.39 is 0 Å². The average Bonchev–Trinajstić information content (AvgIpc) is 2.26. The summed E-state index contributed by atoms with van der Waals surface area (Å²) in [5.41, 5.74) is 1.67. The van der Waals surface area contributed by atoms with Gasteiger partial charge in [-0.3, -0.25) is 0 Å². The largest absolute Gasteiger partial charge is 0.206 e. The van der Waals surface area contributed by atoms with Crippen LogP contribution >= 0.6 is 45.8 Å². The second-order valence-corrected chi connectivity index (χ2v) is 5.18. The molecule has 0 saturated heterocycles. The first-order valence-electron chi connectivity index (χ1n) is 4.49. The maximum Gasteiger partial charge on any atom is 0.136 e. The van der Waals surface area contributed by atoms with Crippen LogP contribution in [0, 0.1) is 9.39 Å². The highest BCUT2D eigenvalue weighted by molar-refractivity contribution is 14.1. The molecular formula is C12H6Cl2FI. The summed E-state index contributed by atoms with van der Waals surface area (Å²) in [4.78, 5) is 0. The van der Waals surface area contributed by atoms with E-state index in [4.69, 9.17) is 23.2 Å². The van der Waals surface area contributed by atoms with Crippen molar-refractivity contribution >= 4 is 45.8 Å². The highest BCUT2D eigenvalue weighted by Crippen LogP contribution is 2.34. The molecule has 0 aromatic heterocycles. The Bertz CT molecular complexity index is 541. The Balaban J connectivity index is 2.59. The van der Waals surface area contributed by atoms with Crippen LogP contribution < -0.4 is 0 Å². The Morgan fingerprint density at radius 2 is 1.81 bits per heavy atom. The van der Waals surface area contributed by atoms with Crippen LogP contribution in [0.3, 0.4) is 0 Å². The predicted octanol–water partition coefficient (Wildman–Crippen LogP) is 5.40. The maximum absolute atomic E-state index is 13.1. The molecule has 0 nitrogen and oxygen atoms in total. The summed E-state index contributed by atoms with van der Waals surface area (Å²) in [5, 5.41) is 0.991. The lowest BCUT2D eigenvalue weighted by molar-refractivity contribution is 0.620. The third kappa shape index (κ3) is 2.34. The van der Waals surface area contributed by atoms with E-state index >= 15 is 0 Å². The van der Waals surface area contributed by atoms with Gasteiger partial charge in [0.1, 0.15) is 5.82 Å². The summed E-state index contributed by atoms with van der Waals surface area (Å²) < 4.78 is 13.7. The van der Waals surface area contributed by atoms with E-state index in [9.17, 15) is 4.39 Å². The molecule has 0 fully saturated rings. The molecule has 0 aliphatic carbocycles. The van der Waals surface area contributed by atoms with Crippen LogP contribution in [0.4, 0.5) is 4.39 Å². The molecule has 2 aromatic carbocycles. The normalized spacial score (nSPS) is 10.5. The van der Waals surface area contributed by atoms with Gasteiger partial charge in [0.15, 0.2) is 0 Å². The zero-order valence-corrected chi connectivity index (χ0v) is 11.6. The van der Waals surface area contributed by atoms with Crippen molar-refractivity contribution in [3.63, 3.8) is 0 Å². The van der Waals surface area contributed by atoms with Crippen LogP contribution in [0.5, 0.6) is 0 Å². The minimum absolute atomic E-state index is 0.234. The van der Waals surface area contributed by atoms with Crippen LogP contribution in [0.2, 0.25) is 10.0 Å². The van der Waals surface area contributed by atoms with Gasteiger partial charge in [-0.15, -0.1) is 0 Å². The van der Waals surface area contributed by atoms with Crippen molar-refractivity contribution in [2.75, 3.05) is 0 Å². The lowest BCUT2D eigenvalue weighted by Gasteiger charge is -2.06. The van der Waals surface area contributed by atoms with Crippen molar-refractivity contribution in [2.45, 2.75) is 0 Å². The van der Waals surface area contributed by atoms with Crippen LogP contribution in [0.1, 0.15) is 0 Å². The molecule has 0 atom stereocenters. The SMILES string of the molecule is Fc1ccc(-c2cccc(Cl)c2Cl)cc1I. The van der Waals surface area contributed by atoms with Gasteiger partial charge in [-0.2, -0.15) is 0 Å². The van der Waals surface area contributed by atoms with Gasteiger partial charge in [0.2, 0.25) is 0 Å². The number of hydrogen-bond acceptors (Lipinski definition) is 0. The van der Waals surface area contributed by atoms with Gasteiger partial charge in [-0.05, 0) is 46.4 Å². The Morgan fingerprint density at radius 1 is 1.06 bits per heavy atom. The van der Waals surface area contributed by atoms with E-state index in [2.05, 4.69) is 0 Å². The average molecular weight is 367 g/mol. The second kappa shape index (κ2) is 4.90. The quantitative estimate of drug-likeness (QED) is 0.592. The van der Waals surface area contributed by atoms with E-state index in [1.807, 2.05) is 34.7 Å². The summed E-state index contributed by atoms with van der Waals surface area (Å²) in [6.45, 7) is 0. The highest BCUT2D eigenvalue weighted by Gasteiger charge is 2.08. The molecule has 0 heterocycles. The van der Waals surface area contributed by atoms with Crippen molar-refractivity contribution in [1.29, 1.82) is 0 Å². The topological polar surface area (TPSA) is 0 Å². The molecule has 0 bridgehead atoms. The minimum atomic E-state index is -0.234. The molecule has 16 heavy (non-hydrogen) atoms. The first-order chi connectivity index (χ1) is 7.59. The highest BCUT2D eigenvalue weighted by atomic mass is 127. The molecule has 0 unspecified atom stereocenters. The van der Waals surface area contributed by atoms with Crippen molar-refractivity contribution in [3.8, 4) is 11.1 Å². The maximum atomic E-state index is 13.1. The van der Waals surface area contributed by atoms with Crippen LogP contribution in [-0.2, 0) is 0 Å². The molecule has 4 heteroatoms. The van der Waals surface area contributed by atoms with E-state index in [0.717, 1.165) is 11.1 Å². The van der Waals surface area contributed by atoms with Gasteiger partial charge in [0.25, 0.3) is 0 Å². The Hall–Kier alpha value is -0.320. The van der Waals surface area contributed by atoms with Gasteiger partial charge in [0.05, 0.1) is 10.0 Å². The van der Waals surface area contributed by atoms with Crippen LogP contribution in [-0.4, -0.2) is 0 Å². The molecule has 0 aliphatic heterocycles. The van der Waals surface area contributed by atoms with Crippen molar-refractivity contribution < 1.29 is 4.39 Å². The summed E-state index contributed by atoms with van der Waals surface area (Å²) in [7, 11) is 0. The van der Waals surface area contributed by atoms with Crippen molar-refractivity contribution in [2.24, 2.45) is 0 Å². The van der Waals surface area contributed by atoms with Crippen LogP contribution in [0.25, 0.3) is 11.1 Å². The van der Waals surface area contributed by atoms with E-state index in [1.54, 1.807) is 18.2 Å². The van der Waals surface area contributed by atoms with E-state index in [1.165, 1.54) is 6.07 Å². The Morgan fingerprint density at radius 3 is 2.50 bits per heavy atom. The number of rotatable bonds is 1. The van der Waals surface area contributed by atoms with Gasteiger partial charge < -0.3 is 0 Å².